The highest BCUT2D eigenvalue weighted by Gasteiger charge is 2.43. The third-order valence-corrected chi connectivity index (χ3v) is 7.11. The number of piperidine rings is 1. The van der Waals surface area contributed by atoms with Crippen molar-refractivity contribution in [3.05, 3.63) is 108 Å². The van der Waals surface area contributed by atoms with E-state index in [-0.39, 0.29) is 29.6 Å². The monoisotopic (exact) mass is 438 g/mol. The van der Waals surface area contributed by atoms with Crippen molar-refractivity contribution < 1.29 is 9.59 Å². The van der Waals surface area contributed by atoms with E-state index in [2.05, 4.69) is 53.4 Å². The number of rotatable bonds is 6. The summed E-state index contributed by atoms with van der Waals surface area (Å²) in [6.07, 6.45) is 0.979. The maximum absolute atomic E-state index is 13.5. The van der Waals surface area contributed by atoms with Gasteiger partial charge in [-0.15, -0.1) is 0 Å². The second kappa shape index (κ2) is 9.72. The number of nitrogens with zero attached hydrogens (tertiary/aromatic N) is 2. The van der Waals surface area contributed by atoms with Gasteiger partial charge in [0.1, 0.15) is 6.04 Å². The van der Waals surface area contributed by atoms with Crippen LogP contribution in [0.4, 0.5) is 0 Å². The van der Waals surface area contributed by atoms with E-state index >= 15 is 0 Å². The Balaban J connectivity index is 1.34. The van der Waals surface area contributed by atoms with Gasteiger partial charge in [0.2, 0.25) is 5.91 Å². The molecule has 4 nitrogen and oxygen atoms in total. The lowest BCUT2D eigenvalue weighted by Gasteiger charge is -2.45. The summed E-state index contributed by atoms with van der Waals surface area (Å²) in [5.41, 5.74) is 3.68. The first-order chi connectivity index (χ1) is 16.2. The number of amides is 1. The van der Waals surface area contributed by atoms with E-state index in [0.29, 0.717) is 25.9 Å². The highest BCUT2D eigenvalue weighted by Crippen LogP contribution is 2.30. The van der Waals surface area contributed by atoms with Crippen LogP contribution in [0, 0.1) is 5.92 Å². The van der Waals surface area contributed by atoms with Crippen LogP contribution in [-0.2, 0) is 16.0 Å². The normalized spacial score (nSPS) is 21.3. The summed E-state index contributed by atoms with van der Waals surface area (Å²) in [6, 6.07) is 30.9. The van der Waals surface area contributed by atoms with Gasteiger partial charge in [0.05, 0.1) is 0 Å². The Morgan fingerprint density at radius 3 is 1.94 bits per heavy atom. The molecule has 2 atom stereocenters. The number of piperazine rings is 1. The smallest absolute Gasteiger partial charge is 0.224 e. The molecular formula is C29H30N2O2. The number of Topliss-reactive ketones (excluding diaryl/α,β-unsaturated/α-hetero) is 1. The minimum Gasteiger partial charge on any atom is -0.330 e. The standard InChI is InChI=1S/C29H30N2O2/c32-28-19-25(18-22-10-4-1-5-11-22)29(33)27-21-30(16-17-31(27)28)20-26(23-12-6-2-7-13-23)24-14-8-3-9-15-24/h1-15,25-27H,16-21H2. The second-order valence-corrected chi connectivity index (χ2v) is 9.23. The van der Waals surface area contributed by atoms with Gasteiger partial charge < -0.3 is 4.90 Å². The highest BCUT2D eigenvalue weighted by atomic mass is 16.2. The number of benzene rings is 3. The Morgan fingerprint density at radius 2 is 1.33 bits per heavy atom. The molecule has 0 saturated carbocycles. The van der Waals surface area contributed by atoms with Gasteiger partial charge in [0.15, 0.2) is 5.78 Å². The lowest BCUT2D eigenvalue weighted by Crippen LogP contribution is -2.63. The quantitative estimate of drug-likeness (QED) is 0.580. The van der Waals surface area contributed by atoms with Crippen molar-refractivity contribution in [3.63, 3.8) is 0 Å². The largest absolute Gasteiger partial charge is 0.330 e. The fraction of sp³-hybridized carbons (Fsp3) is 0.310. The van der Waals surface area contributed by atoms with Gasteiger partial charge in [0.25, 0.3) is 0 Å². The van der Waals surface area contributed by atoms with E-state index in [1.807, 2.05) is 47.4 Å². The Bertz CT molecular complexity index is 1040. The van der Waals surface area contributed by atoms with Gasteiger partial charge in [0, 0.05) is 44.4 Å². The topological polar surface area (TPSA) is 40.6 Å². The molecule has 0 spiro atoms. The van der Waals surface area contributed by atoms with Gasteiger partial charge in [-0.2, -0.15) is 0 Å². The number of hydrogen-bond acceptors (Lipinski definition) is 3. The molecule has 4 heteroatoms. The third-order valence-electron chi connectivity index (χ3n) is 7.11. The first kappa shape index (κ1) is 21.6. The van der Waals surface area contributed by atoms with E-state index in [0.717, 1.165) is 18.7 Å². The number of hydrogen-bond donors (Lipinski definition) is 0. The van der Waals surface area contributed by atoms with E-state index in [4.69, 9.17) is 0 Å². The average molecular weight is 439 g/mol. The van der Waals surface area contributed by atoms with Crippen LogP contribution in [0.15, 0.2) is 91.0 Å². The molecule has 0 N–H and O–H groups in total. The van der Waals surface area contributed by atoms with Crippen molar-refractivity contribution in [1.29, 1.82) is 0 Å². The SMILES string of the molecule is O=C1C(Cc2ccccc2)CC(=O)N2CCN(CC(c3ccccc3)c3ccccc3)CC12. The number of carbonyl (C=O) groups excluding carboxylic acids is 2. The van der Waals surface area contributed by atoms with E-state index in [9.17, 15) is 9.59 Å². The molecule has 2 saturated heterocycles. The van der Waals surface area contributed by atoms with Crippen LogP contribution in [0.3, 0.4) is 0 Å². The Hall–Kier alpha value is -3.24. The van der Waals surface area contributed by atoms with Gasteiger partial charge in [-0.3, -0.25) is 14.5 Å². The van der Waals surface area contributed by atoms with Crippen molar-refractivity contribution in [2.45, 2.75) is 24.8 Å². The lowest BCUT2D eigenvalue weighted by molar-refractivity contribution is -0.152. The molecule has 33 heavy (non-hydrogen) atoms. The molecule has 5 rings (SSSR count). The molecule has 2 aliphatic heterocycles. The van der Waals surface area contributed by atoms with Gasteiger partial charge in [-0.05, 0) is 23.1 Å². The van der Waals surface area contributed by atoms with Crippen molar-refractivity contribution in [2.75, 3.05) is 26.2 Å². The highest BCUT2D eigenvalue weighted by molar-refractivity contribution is 5.97. The maximum Gasteiger partial charge on any atom is 0.224 e. The van der Waals surface area contributed by atoms with Crippen LogP contribution in [0.2, 0.25) is 0 Å². The second-order valence-electron chi connectivity index (χ2n) is 9.23. The van der Waals surface area contributed by atoms with E-state index in [1.54, 1.807) is 0 Å². The van der Waals surface area contributed by atoms with Crippen LogP contribution in [-0.4, -0.2) is 53.7 Å². The van der Waals surface area contributed by atoms with Gasteiger partial charge in [-0.25, -0.2) is 0 Å². The fourth-order valence-corrected chi connectivity index (χ4v) is 5.35. The first-order valence-corrected chi connectivity index (χ1v) is 11.9. The molecule has 0 radical (unpaired) electrons. The number of ketones is 1. The maximum atomic E-state index is 13.5. The van der Waals surface area contributed by atoms with Crippen LogP contribution in [0.5, 0.6) is 0 Å². The van der Waals surface area contributed by atoms with Gasteiger partial charge >= 0.3 is 0 Å². The molecule has 2 fully saturated rings. The Morgan fingerprint density at radius 1 is 0.758 bits per heavy atom. The molecule has 3 aromatic rings. The number of carbonyl (C=O) groups is 2. The molecule has 0 aromatic heterocycles. The van der Waals surface area contributed by atoms with Crippen LogP contribution >= 0.6 is 0 Å². The molecule has 3 aromatic carbocycles. The molecule has 2 aliphatic rings. The minimum atomic E-state index is -0.332. The summed E-state index contributed by atoms with van der Waals surface area (Å²) in [4.78, 5) is 30.6. The summed E-state index contributed by atoms with van der Waals surface area (Å²) in [7, 11) is 0. The number of fused-ring (bicyclic) bond motifs is 1. The summed E-state index contributed by atoms with van der Waals surface area (Å²) in [5.74, 6) is 0.357. The Labute approximate surface area is 195 Å². The molecule has 168 valence electrons. The molecule has 1 amide bonds. The Kier molecular flexibility index (Phi) is 6.36. The average Bonchev–Trinajstić information content (AvgIpc) is 2.87. The zero-order valence-corrected chi connectivity index (χ0v) is 18.8. The summed E-state index contributed by atoms with van der Waals surface area (Å²) in [6.45, 7) is 2.88. The molecule has 2 heterocycles. The zero-order valence-electron chi connectivity index (χ0n) is 18.8. The fourth-order valence-electron chi connectivity index (χ4n) is 5.35. The van der Waals surface area contributed by atoms with Crippen molar-refractivity contribution in [3.8, 4) is 0 Å². The van der Waals surface area contributed by atoms with Crippen LogP contribution in [0.25, 0.3) is 0 Å². The molecule has 0 aliphatic carbocycles. The van der Waals surface area contributed by atoms with Gasteiger partial charge in [-0.1, -0.05) is 91.0 Å². The molecule has 2 unspecified atom stereocenters. The van der Waals surface area contributed by atoms with Crippen molar-refractivity contribution >= 4 is 11.7 Å². The minimum absolute atomic E-state index is 0.128. The van der Waals surface area contributed by atoms with Crippen LogP contribution in [0.1, 0.15) is 29.0 Å². The van der Waals surface area contributed by atoms with Crippen LogP contribution < -0.4 is 0 Å². The first-order valence-electron chi connectivity index (χ1n) is 11.9. The molecular weight excluding hydrogens is 408 g/mol. The zero-order chi connectivity index (χ0) is 22.6. The summed E-state index contributed by atoms with van der Waals surface area (Å²) in [5, 5.41) is 0. The third kappa shape index (κ3) is 4.76. The lowest BCUT2D eigenvalue weighted by atomic mass is 9.83. The summed E-state index contributed by atoms with van der Waals surface area (Å²) >= 11 is 0. The van der Waals surface area contributed by atoms with E-state index in [1.165, 1.54) is 11.1 Å². The van der Waals surface area contributed by atoms with Crippen molar-refractivity contribution in [1.82, 2.24) is 9.80 Å². The predicted octanol–water partition coefficient (Wildman–Crippen LogP) is 4.16. The predicted molar refractivity (Wildman–Crippen MR) is 130 cm³/mol. The van der Waals surface area contributed by atoms with Crippen molar-refractivity contribution in [2.24, 2.45) is 5.92 Å². The van der Waals surface area contributed by atoms with E-state index < -0.39 is 0 Å². The summed E-state index contributed by atoms with van der Waals surface area (Å²) < 4.78 is 0. The molecule has 0 bridgehead atoms.